The summed E-state index contributed by atoms with van der Waals surface area (Å²) < 4.78 is 10.5. The maximum Gasteiger partial charge on any atom is 0.139 e. The summed E-state index contributed by atoms with van der Waals surface area (Å²) in [5.74, 6) is 0.534. The maximum absolute atomic E-state index is 9.46. The Morgan fingerprint density at radius 1 is 1.35 bits per heavy atom. The predicted molar refractivity (Wildman–Crippen MR) is 81.6 cm³/mol. The Labute approximate surface area is 126 Å². The van der Waals surface area contributed by atoms with Gasteiger partial charge in [0.25, 0.3) is 0 Å². The van der Waals surface area contributed by atoms with Gasteiger partial charge in [0.1, 0.15) is 5.75 Å². The van der Waals surface area contributed by atoms with E-state index >= 15 is 0 Å². The van der Waals surface area contributed by atoms with Crippen LogP contribution >= 0.6 is 11.6 Å². The highest BCUT2D eigenvalue weighted by molar-refractivity contribution is 6.32. The van der Waals surface area contributed by atoms with E-state index in [1.165, 1.54) is 0 Å². The fourth-order valence-electron chi connectivity index (χ4n) is 1.65. The number of nitrogens with one attached hydrogen (secondary N) is 1. The molecule has 0 saturated carbocycles. The van der Waals surface area contributed by atoms with Crippen LogP contribution in [0.3, 0.4) is 0 Å². The average Bonchev–Trinajstić information content (AvgIpc) is 2.35. The van der Waals surface area contributed by atoms with Crippen LogP contribution in [0.25, 0.3) is 0 Å². The van der Waals surface area contributed by atoms with Gasteiger partial charge in [0.15, 0.2) is 0 Å². The average molecular weight is 301 g/mol. The molecular formula is C15H23ClNO3. The molecule has 0 fully saturated rings. The van der Waals surface area contributed by atoms with Crippen molar-refractivity contribution in [2.45, 2.75) is 39.3 Å². The van der Waals surface area contributed by atoms with E-state index in [2.05, 4.69) is 11.4 Å². The van der Waals surface area contributed by atoms with E-state index in [9.17, 15) is 5.11 Å². The number of halogens is 1. The van der Waals surface area contributed by atoms with E-state index < -0.39 is 0 Å². The molecular weight excluding hydrogens is 278 g/mol. The van der Waals surface area contributed by atoms with Crippen molar-refractivity contribution >= 4 is 17.3 Å². The molecule has 1 rings (SSSR count). The van der Waals surface area contributed by atoms with Gasteiger partial charge >= 0.3 is 0 Å². The normalized spacial score (nSPS) is 11.5. The van der Waals surface area contributed by atoms with E-state index in [1.807, 2.05) is 20.8 Å². The Kier molecular flexibility index (Phi) is 6.59. The first-order valence-corrected chi connectivity index (χ1v) is 7.00. The first-order chi connectivity index (χ1) is 9.37. The van der Waals surface area contributed by atoms with Crippen molar-refractivity contribution in [3.8, 4) is 5.75 Å². The molecule has 1 radical (unpaired) electrons. The quantitative estimate of drug-likeness (QED) is 0.759. The van der Waals surface area contributed by atoms with Crippen LogP contribution < -0.4 is 10.1 Å². The van der Waals surface area contributed by atoms with Gasteiger partial charge in [-0.2, -0.15) is 0 Å². The minimum absolute atomic E-state index is 0.0967. The van der Waals surface area contributed by atoms with E-state index in [1.54, 1.807) is 13.2 Å². The van der Waals surface area contributed by atoms with Crippen LogP contribution in [-0.4, -0.2) is 31.0 Å². The maximum atomic E-state index is 9.46. The highest BCUT2D eigenvalue weighted by Crippen LogP contribution is 2.32. The fourth-order valence-corrected chi connectivity index (χ4v) is 1.85. The molecule has 0 saturated heterocycles. The summed E-state index contributed by atoms with van der Waals surface area (Å²) in [7, 11) is 1.65. The number of aliphatic hydroxyl groups excluding tert-OH is 1. The summed E-state index contributed by atoms with van der Waals surface area (Å²) in [5, 5.41) is 13.1. The predicted octanol–water partition coefficient (Wildman–Crippen LogP) is 3.26. The van der Waals surface area contributed by atoms with Gasteiger partial charge < -0.3 is 19.9 Å². The van der Waals surface area contributed by atoms with Crippen molar-refractivity contribution in [2.24, 2.45) is 0 Å². The molecule has 0 aromatic heterocycles. The third kappa shape index (κ3) is 5.57. The Hall–Kier alpha value is -0.970. The molecule has 5 heteroatoms. The molecule has 4 nitrogen and oxygen atoms in total. The molecule has 0 aliphatic carbocycles. The van der Waals surface area contributed by atoms with Crippen molar-refractivity contribution in [3.05, 3.63) is 22.7 Å². The number of hydrogen-bond acceptors (Lipinski definition) is 4. The van der Waals surface area contributed by atoms with Gasteiger partial charge in [0, 0.05) is 43.0 Å². The molecule has 0 aliphatic rings. The number of methoxy groups -OCH3 is 1. The molecule has 1 aromatic rings. The molecule has 0 atom stereocenters. The SMILES string of the molecule is COCCCOc1cc(CO)c(NC(C)(C)C)[c]c1Cl. The van der Waals surface area contributed by atoms with E-state index in [4.69, 9.17) is 21.1 Å². The second kappa shape index (κ2) is 7.72. The smallest absolute Gasteiger partial charge is 0.139 e. The first-order valence-electron chi connectivity index (χ1n) is 6.63. The van der Waals surface area contributed by atoms with E-state index in [0.29, 0.717) is 35.2 Å². The fraction of sp³-hybridized carbons (Fsp3) is 0.600. The summed E-state index contributed by atoms with van der Waals surface area (Å²) in [6.45, 7) is 7.15. The molecule has 20 heavy (non-hydrogen) atoms. The van der Waals surface area contributed by atoms with Gasteiger partial charge in [-0.25, -0.2) is 0 Å². The Balaban J connectivity index is 2.84. The molecule has 0 bridgehead atoms. The highest BCUT2D eigenvalue weighted by Gasteiger charge is 2.15. The highest BCUT2D eigenvalue weighted by atomic mass is 35.5. The third-order valence-electron chi connectivity index (χ3n) is 2.50. The summed E-state index contributed by atoms with van der Waals surface area (Å²) in [6, 6.07) is 4.78. The second-order valence-electron chi connectivity index (χ2n) is 5.58. The lowest BCUT2D eigenvalue weighted by Crippen LogP contribution is -2.26. The van der Waals surface area contributed by atoms with Gasteiger partial charge in [-0.3, -0.25) is 0 Å². The molecule has 0 unspecified atom stereocenters. The van der Waals surface area contributed by atoms with Gasteiger partial charge in [-0.1, -0.05) is 11.6 Å². The topological polar surface area (TPSA) is 50.7 Å². The summed E-state index contributed by atoms with van der Waals surface area (Å²) in [5.41, 5.74) is 1.28. The van der Waals surface area contributed by atoms with Crippen molar-refractivity contribution in [1.29, 1.82) is 0 Å². The Morgan fingerprint density at radius 3 is 2.60 bits per heavy atom. The summed E-state index contributed by atoms with van der Waals surface area (Å²) in [4.78, 5) is 0. The standard InChI is InChI=1S/C15H23ClNO3/c1-15(2,3)17-13-9-12(16)14(8-11(13)10-18)20-7-5-6-19-4/h8,17-18H,5-7,10H2,1-4H3. The van der Waals surface area contributed by atoms with E-state index in [-0.39, 0.29) is 12.1 Å². The van der Waals surface area contributed by atoms with Crippen LogP contribution in [0.4, 0.5) is 5.69 Å². The van der Waals surface area contributed by atoms with Gasteiger partial charge in [0.2, 0.25) is 0 Å². The van der Waals surface area contributed by atoms with Gasteiger partial charge in [0.05, 0.1) is 18.2 Å². The third-order valence-corrected chi connectivity index (χ3v) is 2.78. The number of rotatable bonds is 7. The van der Waals surface area contributed by atoms with Crippen molar-refractivity contribution in [2.75, 3.05) is 25.6 Å². The lowest BCUT2D eigenvalue weighted by atomic mass is 10.1. The molecule has 0 spiro atoms. The summed E-state index contributed by atoms with van der Waals surface area (Å²) >= 11 is 6.17. The number of benzene rings is 1. The molecule has 2 N–H and O–H groups in total. The zero-order chi connectivity index (χ0) is 15.2. The van der Waals surface area contributed by atoms with Crippen molar-refractivity contribution < 1.29 is 14.6 Å². The lowest BCUT2D eigenvalue weighted by Gasteiger charge is -2.24. The molecule has 1 aromatic carbocycles. The molecule has 0 aliphatic heterocycles. The number of ether oxygens (including phenoxy) is 2. The Morgan fingerprint density at radius 2 is 2.05 bits per heavy atom. The zero-order valence-electron chi connectivity index (χ0n) is 12.5. The largest absolute Gasteiger partial charge is 0.492 e. The van der Waals surface area contributed by atoms with E-state index in [0.717, 1.165) is 6.42 Å². The van der Waals surface area contributed by atoms with Gasteiger partial charge in [-0.05, 0) is 26.8 Å². The lowest BCUT2D eigenvalue weighted by molar-refractivity contribution is 0.172. The van der Waals surface area contributed by atoms with Crippen LogP contribution in [0, 0.1) is 6.07 Å². The number of hydrogen-bond donors (Lipinski definition) is 2. The van der Waals surface area contributed by atoms with Gasteiger partial charge in [-0.15, -0.1) is 0 Å². The summed E-state index contributed by atoms with van der Waals surface area (Å²) in [6.07, 6.45) is 0.781. The Bertz CT molecular complexity index is 430. The second-order valence-corrected chi connectivity index (χ2v) is 5.95. The van der Waals surface area contributed by atoms with Crippen molar-refractivity contribution in [1.82, 2.24) is 0 Å². The van der Waals surface area contributed by atoms with Crippen molar-refractivity contribution in [3.63, 3.8) is 0 Å². The number of anilines is 1. The zero-order valence-corrected chi connectivity index (χ0v) is 13.3. The minimum Gasteiger partial charge on any atom is -0.492 e. The monoisotopic (exact) mass is 300 g/mol. The molecule has 113 valence electrons. The molecule has 0 amide bonds. The van der Waals surface area contributed by atoms with Crippen LogP contribution in [0.1, 0.15) is 32.8 Å². The van der Waals surface area contributed by atoms with Crippen LogP contribution in [0.5, 0.6) is 5.75 Å². The first kappa shape index (κ1) is 17.1. The van der Waals surface area contributed by atoms with Crippen LogP contribution in [-0.2, 0) is 11.3 Å². The number of aliphatic hydroxyl groups is 1. The van der Waals surface area contributed by atoms with Crippen LogP contribution in [0.2, 0.25) is 5.02 Å². The minimum atomic E-state index is -0.134. The molecule has 0 heterocycles. The van der Waals surface area contributed by atoms with Crippen LogP contribution in [0.15, 0.2) is 6.07 Å².